The Labute approximate surface area is 106 Å². The van der Waals surface area contributed by atoms with Crippen LogP contribution in [0.1, 0.15) is 12.5 Å². The maximum atomic E-state index is 11.0. The third-order valence-corrected chi connectivity index (χ3v) is 2.08. The van der Waals surface area contributed by atoms with Crippen LogP contribution < -0.4 is 4.74 Å². The van der Waals surface area contributed by atoms with Gasteiger partial charge < -0.3 is 19.3 Å². The van der Waals surface area contributed by atoms with Crippen molar-refractivity contribution >= 4 is 5.97 Å². The topological polar surface area (TPSA) is 65.0 Å². The van der Waals surface area contributed by atoms with Crippen LogP contribution in [0.15, 0.2) is 24.3 Å². The van der Waals surface area contributed by atoms with Crippen LogP contribution in [0.3, 0.4) is 0 Å². The Balaban J connectivity index is 2.28. The lowest BCUT2D eigenvalue weighted by Crippen LogP contribution is -2.12. The maximum Gasteiger partial charge on any atom is 0.332 e. The van der Waals surface area contributed by atoms with Gasteiger partial charge >= 0.3 is 5.97 Å². The fourth-order valence-corrected chi connectivity index (χ4v) is 1.30. The third-order valence-electron chi connectivity index (χ3n) is 2.08. The molecule has 0 amide bonds. The van der Waals surface area contributed by atoms with E-state index in [1.54, 1.807) is 19.1 Å². The van der Waals surface area contributed by atoms with Crippen molar-refractivity contribution in [3.63, 3.8) is 0 Å². The molecule has 1 N–H and O–H groups in total. The molecule has 0 fully saturated rings. The van der Waals surface area contributed by atoms with Crippen molar-refractivity contribution in [3.05, 3.63) is 29.8 Å². The van der Waals surface area contributed by atoms with Gasteiger partial charge in [0, 0.05) is 0 Å². The quantitative estimate of drug-likeness (QED) is 0.705. The molecule has 1 aromatic rings. The first-order chi connectivity index (χ1) is 8.76. The van der Waals surface area contributed by atoms with Crippen LogP contribution in [0, 0.1) is 0 Å². The number of benzene rings is 1. The lowest BCUT2D eigenvalue weighted by atomic mass is 10.2. The SMILES string of the molecule is CCOC(=O)COCc1ccc(OCCO)cc1. The molecule has 0 atom stereocenters. The third kappa shape index (κ3) is 5.65. The van der Waals surface area contributed by atoms with Gasteiger partial charge in [-0.1, -0.05) is 12.1 Å². The second kappa shape index (κ2) is 8.49. The van der Waals surface area contributed by atoms with Crippen LogP contribution in [0.4, 0.5) is 0 Å². The summed E-state index contributed by atoms with van der Waals surface area (Å²) >= 11 is 0. The summed E-state index contributed by atoms with van der Waals surface area (Å²) in [5.41, 5.74) is 0.940. The van der Waals surface area contributed by atoms with Gasteiger partial charge in [0.05, 0.1) is 19.8 Å². The van der Waals surface area contributed by atoms with Gasteiger partial charge in [-0.3, -0.25) is 0 Å². The van der Waals surface area contributed by atoms with Crippen molar-refractivity contribution < 1.29 is 24.1 Å². The second-order valence-electron chi connectivity index (χ2n) is 3.51. The first-order valence-electron chi connectivity index (χ1n) is 5.82. The molecule has 1 aromatic carbocycles. The molecule has 0 aromatic heterocycles. The Kier molecular flexibility index (Phi) is 6.83. The number of aliphatic hydroxyl groups excluding tert-OH is 1. The molecule has 0 unspecified atom stereocenters. The minimum atomic E-state index is -0.361. The summed E-state index contributed by atoms with van der Waals surface area (Å²) in [5, 5.41) is 8.61. The summed E-state index contributed by atoms with van der Waals surface area (Å²) in [4.78, 5) is 11.0. The molecule has 5 heteroatoms. The minimum absolute atomic E-state index is 0.00952. The average molecular weight is 254 g/mol. The van der Waals surface area contributed by atoms with Gasteiger partial charge in [-0.15, -0.1) is 0 Å². The van der Waals surface area contributed by atoms with Crippen LogP contribution in [-0.4, -0.2) is 37.5 Å². The van der Waals surface area contributed by atoms with E-state index < -0.39 is 0 Å². The average Bonchev–Trinajstić information content (AvgIpc) is 2.38. The monoisotopic (exact) mass is 254 g/mol. The molecule has 0 saturated heterocycles. The largest absolute Gasteiger partial charge is 0.491 e. The number of hydrogen-bond acceptors (Lipinski definition) is 5. The van der Waals surface area contributed by atoms with Crippen molar-refractivity contribution in [2.75, 3.05) is 26.4 Å². The summed E-state index contributed by atoms with van der Waals surface area (Å²) in [6.45, 7) is 2.68. The smallest absolute Gasteiger partial charge is 0.332 e. The molecule has 0 spiro atoms. The Bertz CT molecular complexity index is 347. The number of hydrogen-bond donors (Lipinski definition) is 1. The minimum Gasteiger partial charge on any atom is -0.491 e. The van der Waals surface area contributed by atoms with Crippen LogP contribution in [0.5, 0.6) is 5.75 Å². The Hall–Kier alpha value is -1.59. The van der Waals surface area contributed by atoms with E-state index in [2.05, 4.69) is 0 Å². The fourth-order valence-electron chi connectivity index (χ4n) is 1.30. The van der Waals surface area contributed by atoms with Gasteiger partial charge in [0.1, 0.15) is 19.0 Å². The van der Waals surface area contributed by atoms with Gasteiger partial charge in [0.15, 0.2) is 0 Å². The van der Waals surface area contributed by atoms with Gasteiger partial charge in [-0.25, -0.2) is 4.79 Å². The zero-order chi connectivity index (χ0) is 13.2. The van der Waals surface area contributed by atoms with E-state index in [-0.39, 0.29) is 25.8 Å². The standard InChI is InChI=1S/C13H18O5/c1-2-17-13(15)10-16-9-11-3-5-12(6-4-11)18-8-7-14/h3-6,14H,2,7-10H2,1H3. The number of ether oxygens (including phenoxy) is 3. The van der Waals surface area contributed by atoms with Crippen molar-refractivity contribution in [2.45, 2.75) is 13.5 Å². The zero-order valence-corrected chi connectivity index (χ0v) is 10.4. The van der Waals surface area contributed by atoms with E-state index in [1.165, 1.54) is 0 Å². The molecule has 0 aliphatic heterocycles. The molecule has 5 nitrogen and oxygen atoms in total. The fraction of sp³-hybridized carbons (Fsp3) is 0.462. The molecule has 0 aliphatic rings. The number of aliphatic hydroxyl groups is 1. The molecule has 0 saturated carbocycles. The highest BCUT2D eigenvalue weighted by molar-refractivity contribution is 5.70. The molecule has 100 valence electrons. The summed E-state index contributed by atoms with van der Waals surface area (Å²) in [6.07, 6.45) is 0. The number of carbonyl (C=O) groups is 1. The number of esters is 1. The number of rotatable bonds is 8. The van der Waals surface area contributed by atoms with E-state index in [9.17, 15) is 4.79 Å². The number of carbonyl (C=O) groups excluding carboxylic acids is 1. The molecule has 0 radical (unpaired) electrons. The lowest BCUT2D eigenvalue weighted by molar-refractivity contribution is -0.148. The van der Waals surface area contributed by atoms with E-state index in [1.807, 2.05) is 12.1 Å². The highest BCUT2D eigenvalue weighted by Crippen LogP contribution is 2.12. The van der Waals surface area contributed by atoms with Crippen LogP contribution in [0.2, 0.25) is 0 Å². The first kappa shape index (κ1) is 14.5. The van der Waals surface area contributed by atoms with Crippen molar-refractivity contribution in [2.24, 2.45) is 0 Å². The van der Waals surface area contributed by atoms with Crippen LogP contribution >= 0.6 is 0 Å². The summed E-state index contributed by atoms with van der Waals surface area (Å²) in [6, 6.07) is 7.27. The molecule has 0 heterocycles. The molecular formula is C13H18O5. The van der Waals surface area contributed by atoms with Gasteiger partial charge in [-0.05, 0) is 24.6 Å². The summed E-state index contributed by atoms with van der Waals surface area (Å²) in [5.74, 6) is 0.332. The highest BCUT2D eigenvalue weighted by atomic mass is 16.6. The van der Waals surface area contributed by atoms with E-state index >= 15 is 0 Å². The van der Waals surface area contributed by atoms with Crippen molar-refractivity contribution in [3.8, 4) is 5.75 Å². The maximum absolute atomic E-state index is 11.0. The lowest BCUT2D eigenvalue weighted by Gasteiger charge is -2.06. The van der Waals surface area contributed by atoms with Crippen LogP contribution in [-0.2, 0) is 20.9 Å². The second-order valence-corrected chi connectivity index (χ2v) is 3.51. The zero-order valence-electron chi connectivity index (χ0n) is 10.4. The van der Waals surface area contributed by atoms with Crippen molar-refractivity contribution in [1.29, 1.82) is 0 Å². The normalized spacial score (nSPS) is 10.1. The van der Waals surface area contributed by atoms with Gasteiger partial charge in [0.2, 0.25) is 0 Å². The predicted octanol–water partition coefficient (Wildman–Crippen LogP) is 1.14. The predicted molar refractivity (Wildman–Crippen MR) is 65.3 cm³/mol. The summed E-state index contributed by atoms with van der Waals surface area (Å²) < 4.78 is 15.2. The molecule has 18 heavy (non-hydrogen) atoms. The Morgan fingerprint density at radius 3 is 2.61 bits per heavy atom. The van der Waals surface area contributed by atoms with E-state index in [0.29, 0.717) is 19.0 Å². The van der Waals surface area contributed by atoms with Crippen LogP contribution in [0.25, 0.3) is 0 Å². The van der Waals surface area contributed by atoms with E-state index in [4.69, 9.17) is 19.3 Å². The summed E-state index contributed by atoms with van der Waals surface area (Å²) in [7, 11) is 0. The molecular weight excluding hydrogens is 236 g/mol. The van der Waals surface area contributed by atoms with E-state index in [0.717, 1.165) is 5.56 Å². The van der Waals surface area contributed by atoms with Crippen molar-refractivity contribution in [1.82, 2.24) is 0 Å². The first-order valence-corrected chi connectivity index (χ1v) is 5.82. The molecule has 0 aliphatic carbocycles. The van der Waals surface area contributed by atoms with Gasteiger partial charge in [0.25, 0.3) is 0 Å². The molecule has 0 bridgehead atoms. The Morgan fingerprint density at radius 1 is 1.28 bits per heavy atom. The Morgan fingerprint density at radius 2 is 2.00 bits per heavy atom. The molecule has 1 rings (SSSR count). The highest BCUT2D eigenvalue weighted by Gasteiger charge is 2.02. The van der Waals surface area contributed by atoms with Gasteiger partial charge in [-0.2, -0.15) is 0 Å².